The first-order valence-corrected chi connectivity index (χ1v) is 5.27. The van der Waals surface area contributed by atoms with Crippen molar-refractivity contribution in [3.63, 3.8) is 0 Å². The van der Waals surface area contributed by atoms with Gasteiger partial charge in [0.2, 0.25) is 0 Å². The SMILES string of the molecule is CC(CC(C)(N)C(=O)O)c1cc(O)cc(O)c1. The third-order valence-electron chi connectivity index (χ3n) is 2.71. The largest absolute Gasteiger partial charge is 0.508 e. The van der Waals surface area contributed by atoms with Crippen LogP contribution in [0.25, 0.3) is 0 Å². The highest BCUT2D eigenvalue weighted by Gasteiger charge is 2.30. The number of carboxylic acids is 1. The minimum atomic E-state index is -1.33. The molecule has 0 aliphatic heterocycles. The van der Waals surface area contributed by atoms with Gasteiger partial charge in [0.1, 0.15) is 17.0 Å². The van der Waals surface area contributed by atoms with Gasteiger partial charge in [0.15, 0.2) is 0 Å². The maximum atomic E-state index is 10.9. The first-order chi connectivity index (χ1) is 7.72. The molecule has 0 amide bonds. The normalized spacial score (nSPS) is 16.2. The summed E-state index contributed by atoms with van der Waals surface area (Å²) in [5.41, 5.74) is 4.97. The minimum Gasteiger partial charge on any atom is -0.508 e. The standard InChI is InChI=1S/C12H17NO4/c1-7(6-12(2,13)11(16)17)8-3-9(14)5-10(15)4-8/h3-5,7,14-15H,6,13H2,1-2H3,(H,16,17). The third kappa shape index (κ3) is 3.35. The average molecular weight is 239 g/mol. The van der Waals surface area contributed by atoms with Crippen LogP contribution >= 0.6 is 0 Å². The Hall–Kier alpha value is -1.75. The van der Waals surface area contributed by atoms with Crippen LogP contribution in [0.1, 0.15) is 31.7 Å². The van der Waals surface area contributed by atoms with E-state index in [9.17, 15) is 15.0 Å². The fourth-order valence-electron chi connectivity index (χ4n) is 1.74. The predicted octanol–water partition coefficient (Wildman–Crippen LogP) is 1.39. The van der Waals surface area contributed by atoms with Crippen molar-refractivity contribution in [3.05, 3.63) is 23.8 Å². The van der Waals surface area contributed by atoms with E-state index in [2.05, 4.69) is 0 Å². The number of carboxylic acid groups (broad SMARTS) is 1. The van der Waals surface area contributed by atoms with Gasteiger partial charge in [-0.3, -0.25) is 4.79 Å². The molecule has 0 fully saturated rings. The van der Waals surface area contributed by atoms with E-state index in [1.54, 1.807) is 6.92 Å². The number of hydrogen-bond donors (Lipinski definition) is 4. The van der Waals surface area contributed by atoms with Gasteiger partial charge in [-0.2, -0.15) is 0 Å². The quantitative estimate of drug-likeness (QED) is 0.635. The van der Waals surface area contributed by atoms with Crippen molar-refractivity contribution in [2.24, 2.45) is 5.73 Å². The Balaban J connectivity index is 2.90. The van der Waals surface area contributed by atoms with Gasteiger partial charge in [-0.05, 0) is 37.0 Å². The van der Waals surface area contributed by atoms with E-state index in [-0.39, 0.29) is 23.8 Å². The molecular weight excluding hydrogens is 222 g/mol. The smallest absolute Gasteiger partial charge is 0.323 e. The summed E-state index contributed by atoms with van der Waals surface area (Å²) in [5, 5.41) is 27.6. The molecule has 1 aromatic carbocycles. The van der Waals surface area contributed by atoms with Crippen LogP contribution in [-0.4, -0.2) is 26.8 Å². The van der Waals surface area contributed by atoms with Crippen LogP contribution in [0.2, 0.25) is 0 Å². The molecule has 0 saturated carbocycles. The van der Waals surface area contributed by atoms with Crippen molar-refractivity contribution in [1.82, 2.24) is 0 Å². The zero-order valence-corrected chi connectivity index (χ0v) is 9.84. The summed E-state index contributed by atoms with van der Waals surface area (Å²) < 4.78 is 0. The van der Waals surface area contributed by atoms with Gasteiger partial charge in [-0.25, -0.2) is 0 Å². The summed E-state index contributed by atoms with van der Waals surface area (Å²) in [6.07, 6.45) is 0.214. The molecule has 1 aromatic rings. The van der Waals surface area contributed by atoms with Crippen LogP contribution in [0.5, 0.6) is 11.5 Å². The lowest BCUT2D eigenvalue weighted by atomic mass is 9.86. The topological polar surface area (TPSA) is 104 Å². The lowest BCUT2D eigenvalue weighted by Gasteiger charge is -2.23. The first-order valence-electron chi connectivity index (χ1n) is 5.27. The number of carbonyl (C=O) groups is 1. The van der Waals surface area contributed by atoms with E-state index < -0.39 is 11.5 Å². The van der Waals surface area contributed by atoms with Gasteiger partial charge in [0.25, 0.3) is 0 Å². The monoisotopic (exact) mass is 239 g/mol. The number of aromatic hydroxyl groups is 2. The molecule has 0 heterocycles. The van der Waals surface area contributed by atoms with E-state index in [0.717, 1.165) is 0 Å². The summed E-state index contributed by atoms with van der Waals surface area (Å²) in [4.78, 5) is 10.9. The van der Waals surface area contributed by atoms with Crippen molar-refractivity contribution >= 4 is 5.97 Å². The maximum absolute atomic E-state index is 10.9. The number of phenols is 2. The van der Waals surface area contributed by atoms with Gasteiger partial charge in [-0.1, -0.05) is 6.92 Å². The molecule has 2 atom stereocenters. The number of aliphatic carboxylic acids is 1. The van der Waals surface area contributed by atoms with Crippen LogP contribution in [0.3, 0.4) is 0 Å². The Kier molecular flexibility index (Phi) is 3.63. The van der Waals surface area contributed by atoms with Gasteiger partial charge in [0.05, 0.1) is 0 Å². The average Bonchev–Trinajstić information content (AvgIpc) is 2.15. The van der Waals surface area contributed by atoms with Gasteiger partial charge in [-0.15, -0.1) is 0 Å². The molecule has 0 aromatic heterocycles. The molecule has 0 bridgehead atoms. The summed E-state index contributed by atoms with van der Waals surface area (Å²) in [6.45, 7) is 3.23. The zero-order chi connectivity index (χ0) is 13.2. The number of hydrogen-bond acceptors (Lipinski definition) is 4. The molecule has 2 unspecified atom stereocenters. The van der Waals surface area contributed by atoms with E-state index in [1.807, 2.05) is 0 Å². The summed E-state index contributed by atoms with van der Waals surface area (Å²) in [7, 11) is 0. The van der Waals surface area contributed by atoms with Gasteiger partial charge < -0.3 is 21.1 Å². The van der Waals surface area contributed by atoms with E-state index in [4.69, 9.17) is 10.8 Å². The molecule has 94 valence electrons. The van der Waals surface area contributed by atoms with Crippen molar-refractivity contribution in [2.45, 2.75) is 31.7 Å². The number of phenolic OH excluding ortho intramolecular Hbond substituents is 2. The molecule has 0 aliphatic rings. The fraction of sp³-hybridized carbons (Fsp3) is 0.417. The second-order valence-electron chi connectivity index (χ2n) is 4.61. The Morgan fingerprint density at radius 2 is 1.82 bits per heavy atom. The highest BCUT2D eigenvalue weighted by atomic mass is 16.4. The lowest BCUT2D eigenvalue weighted by molar-refractivity contribution is -0.143. The number of nitrogens with two attached hydrogens (primary N) is 1. The van der Waals surface area contributed by atoms with E-state index >= 15 is 0 Å². The predicted molar refractivity (Wildman–Crippen MR) is 63.0 cm³/mol. The lowest BCUT2D eigenvalue weighted by Crippen LogP contribution is -2.45. The van der Waals surface area contributed by atoms with E-state index in [0.29, 0.717) is 5.56 Å². The molecule has 0 aliphatic carbocycles. The number of rotatable bonds is 4. The van der Waals surface area contributed by atoms with Gasteiger partial charge in [0, 0.05) is 6.07 Å². The first kappa shape index (κ1) is 13.3. The van der Waals surface area contributed by atoms with Gasteiger partial charge >= 0.3 is 5.97 Å². The molecule has 1 rings (SSSR count). The highest BCUT2D eigenvalue weighted by molar-refractivity contribution is 5.77. The molecule has 0 radical (unpaired) electrons. The molecule has 0 spiro atoms. The zero-order valence-electron chi connectivity index (χ0n) is 9.84. The van der Waals surface area contributed by atoms with Crippen molar-refractivity contribution < 1.29 is 20.1 Å². The van der Waals surface area contributed by atoms with Crippen LogP contribution in [0, 0.1) is 0 Å². The molecule has 5 heteroatoms. The molecule has 5 nitrogen and oxygen atoms in total. The number of benzene rings is 1. The van der Waals surface area contributed by atoms with E-state index in [1.165, 1.54) is 25.1 Å². The second-order valence-corrected chi connectivity index (χ2v) is 4.61. The summed E-state index contributed by atoms with van der Waals surface area (Å²) >= 11 is 0. The molecule has 0 saturated heterocycles. The summed E-state index contributed by atoms with van der Waals surface area (Å²) in [5.74, 6) is -1.37. The Bertz CT molecular complexity index is 408. The minimum absolute atomic E-state index is 0.0547. The second kappa shape index (κ2) is 4.63. The van der Waals surface area contributed by atoms with Crippen LogP contribution in [-0.2, 0) is 4.79 Å². The third-order valence-corrected chi connectivity index (χ3v) is 2.71. The van der Waals surface area contributed by atoms with Crippen LogP contribution < -0.4 is 5.73 Å². The molecule has 17 heavy (non-hydrogen) atoms. The fourth-order valence-corrected chi connectivity index (χ4v) is 1.74. The maximum Gasteiger partial charge on any atom is 0.323 e. The Morgan fingerprint density at radius 1 is 1.35 bits per heavy atom. The van der Waals surface area contributed by atoms with Crippen molar-refractivity contribution in [3.8, 4) is 11.5 Å². The molecule has 5 N–H and O–H groups in total. The van der Waals surface area contributed by atoms with Crippen molar-refractivity contribution in [2.75, 3.05) is 0 Å². The summed E-state index contributed by atoms with van der Waals surface area (Å²) in [6, 6.07) is 4.19. The Morgan fingerprint density at radius 3 is 2.24 bits per heavy atom. The van der Waals surface area contributed by atoms with Crippen molar-refractivity contribution in [1.29, 1.82) is 0 Å². The van der Waals surface area contributed by atoms with Crippen LogP contribution in [0.15, 0.2) is 18.2 Å². The van der Waals surface area contributed by atoms with Crippen LogP contribution in [0.4, 0.5) is 0 Å². The molecular formula is C12H17NO4. The highest BCUT2D eigenvalue weighted by Crippen LogP contribution is 2.30. The Labute approximate surface area is 99.5 Å².